The van der Waals surface area contributed by atoms with Gasteiger partial charge in [0, 0.05) is 11.5 Å². The van der Waals surface area contributed by atoms with Gasteiger partial charge in [-0.05, 0) is 62.3 Å². The van der Waals surface area contributed by atoms with E-state index in [4.69, 9.17) is 20.9 Å². The third-order valence-electron chi connectivity index (χ3n) is 5.38. The first kappa shape index (κ1) is 22.2. The molecule has 7 nitrogen and oxygen atoms in total. The Kier molecular flexibility index (Phi) is 7.34. The van der Waals surface area contributed by atoms with Crippen LogP contribution in [-0.4, -0.2) is 47.2 Å². The van der Waals surface area contributed by atoms with E-state index in [1.165, 1.54) is 12.1 Å². The number of hydrogen-bond donors (Lipinski definition) is 1. The van der Waals surface area contributed by atoms with E-state index in [1.807, 2.05) is 12.1 Å². The van der Waals surface area contributed by atoms with Crippen LogP contribution in [0.2, 0.25) is 5.02 Å². The average Bonchev–Trinajstić information content (AvgIpc) is 3.27. The highest BCUT2D eigenvalue weighted by atomic mass is 35.5. The third kappa shape index (κ3) is 5.83. The number of amides is 1. The molecule has 2 aromatic carbocycles. The highest BCUT2D eigenvalue weighted by molar-refractivity contribution is 6.32. The van der Waals surface area contributed by atoms with Gasteiger partial charge in [-0.25, -0.2) is 4.39 Å². The SMILES string of the molecule is O=C(NCCOc1ccccc1Cl)C1CCN(Cc2nc(-c3ccc(F)cc3)no2)CC1. The summed E-state index contributed by atoms with van der Waals surface area (Å²) >= 11 is 6.05. The molecule has 0 bridgehead atoms. The Morgan fingerprint density at radius 1 is 1.19 bits per heavy atom. The molecule has 0 aliphatic carbocycles. The standard InChI is InChI=1S/C23H24ClFN4O3/c24-19-3-1-2-4-20(19)31-14-11-26-23(30)17-9-12-29(13-10-17)15-21-27-22(28-32-21)16-5-7-18(25)8-6-16/h1-8,17H,9-15H2,(H,26,30). The van der Waals surface area contributed by atoms with Crippen LogP contribution in [0.3, 0.4) is 0 Å². The normalized spacial score (nSPS) is 14.9. The first-order valence-electron chi connectivity index (χ1n) is 10.5. The van der Waals surface area contributed by atoms with Gasteiger partial charge in [0.05, 0.1) is 18.1 Å². The number of piperidine rings is 1. The van der Waals surface area contributed by atoms with Crippen molar-refractivity contribution in [1.82, 2.24) is 20.4 Å². The van der Waals surface area contributed by atoms with E-state index in [0.29, 0.717) is 47.7 Å². The Morgan fingerprint density at radius 2 is 1.94 bits per heavy atom. The molecule has 0 atom stereocenters. The van der Waals surface area contributed by atoms with Gasteiger partial charge >= 0.3 is 0 Å². The van der Waals surface area contributed by atoms with Crippen molar-refractivity contribution in [3.63, 3.8) is 0 Å². The molecule has 1 aromatic heterocycles. The predicted octanol–water partition coefficient (Wildman–Crippen LogP) is 3.94. The molecule has 3 aromatic rings. The fourth-order valence-electron chi connectivity index (χ4n) is 3.62. The second-order valence-corrected chi connectivity index (χ2v) is 8.05. The number of halogens is 2. The lowest BCUT2D eigenvalue weighted by atomic mass is 9.96. The van der Waals surface area contributed by atoms with Gasteiger partial charge in [-0.15, -0.1) is 0 Å². The van der Waals surface area contributed by atoms with E-state index in [1.54, 1.807) is 24.3 Å². The van der Waals surface area contributed by atoms with Crippen LogP contribution in [0.5, 0.6) is 5.75 Å². The molecule has 1 aliphatic rings. The van der Waals surface area contributed by atoms with E-state index in [-0.39, 0.29) is 17.6 Å². The zero-order valence-corrected chi connectivity index (χ0v) is 18.2. The van der Waals surface area contributed by atoms with Crippen LogP contribution in [0, 0.1) is 11.7 Å². The van der Waals surface area contributed by atoms with Gasteiger partial charge < -0.3 is 14.6 Å². The fourth-order valence-corrected chi connectivity index (χ4v) is 3.81. The lowest BCUT2D eigenvalue weighted by Gasteiger charge is -2.30. The Balaban J connectivity index is 1.17. The number of benzene rings is 2. The molecule has 4 rings (SSSR count). The van der Waals surface area contributed by atoms with Crippen LogP contribution < -0.4 is 10.1 Å². The van der Waals surface area contributed by atoms with E-state index >= 15 is 0 Å². The summed E-state index contributed by atoms with van der Waals surface area (Å²) in [5, 5.41) is 7.47. The van der Waals surface area contributed by atoms with Crippen LogP contribution >= 0.6 is 11.6 Å². The van der Waals surface area contributed by atoms with Crippen molar-refractivity contribution in [2.45, 2.75) is 19.4 Å². The van der Waals surface area contributed by atoms with E-state index in [2.05, 4.69) is 20.4 Å². The summed E-state index contributed by atoms with van der Waals surface area (Å²) in [4.78, 5) is 19.0. The summed E-state index contributed by atoms with van der Waals surface area (Å²) in [6.45, 7) is 2.85. The quantitative estimate of drug-likeness (QED) is 0.515. The highest BCUT2D eigenvalue weighted by Crippen LogP contribution is 2.23. The van der Waals surface area contributed by atoms with Gasteiger partial charge in [0.1, 0.15) is 18.2 Å². The Hall–Kier alpha value is -2.97. The molecule has 0 unspecified atom stereocenters. The largest absolute Gasteiger partial charge is 0.490 e. The summed E-state index contributed by atoms with van der Waals surface area (Å²) in [7, 11) is 0. The number of carbonyl (C=O) groups excluding carboxylic acids is 1. The Morgan fingerprint density at radius 3 is 2.69 bits per heavy atom. The zero-order valence-electron chi connectivity index (χ0n) is 17.5. The van der Waals surface area contributed by atoms with Crippen molar-refractivity contribution in [3.05, 3.63) is 65.3 Å². The molecule has 1 amide bonds. The van der Waals surface area contributed by atoms with Gasteiger partial charge in [0.15, 0.2) is 0 Å². The number of nitrogens with zero attached hydrogens (tertiary/aromatic N) is 3. The summed E-state index contributed by atoms with van der Waals surface area (Å²) in [5.74, 6) is 1.27. The lowest BCUT2D eigenvalue weighted by Crippen LogP contribution is -2.41. The minimum atomic E-state index is -0.308. The van der Waals surface area contributed by atoms with Gasteiger partial charge in [-0.2, -0.15) is 4.98 Å². The second-order valence-electron chi connectivity index (χ2n) is 7.64. The predicted molar refractivity (Wildman–Crippen MR) is 118 cm³/mol. The summed E-state index contributed by atoms with van der Waals surface area (Å²) in [6.07, 6.45) is 1.52. The molecule has 1 fully saturated rings. The molecule has 1 saturated heterocycles. The van der Waals surface area contributed by atoms with E-state index in [0.717, 1.165) is 25.9 Å². The van der Waals surface area contributed by atoms with E-state index < -0.39 is 0 Å². The first-order chi connectivity index (χ1) is 15.6. The van der Waals surface area contributed by atoms with Gasteiger partial charge in [-0.3, -0.25) is 9.69 Å². The number of hydrogen-bond acceptors (Lipinski definition) is 6. The van der Waals surface area contributed by atoms with Crippen molar-refractivity contribution in [2.75, 3.05) is 26.2 Å². The number of rotatable bonds is 8. The highest BCUT2D eigenvalue weighted by Gasteiger charge is 2.25. The summed E-state index contributed by atoms with van der Waals surface area (Å²) in [5.41, 5.74) is 0.704. The maximum atomic E-state index is 13.1. The van der Waals surface area contributed by atoms with Crippen molar-refractivity contribution in [2.24, 2.45) is 5.92 Å². The van der Waals surface area contributed by atoms with Crippen molar-refractivity contribution in [3.8, 4) is 17.1 Å². The molecule has 9 heteroatoms. The molecule has 1 aliphatic heterocycles. The maximum Gasteiger partial charge on any atom is 0.241 e. The minimum absolute atomic E-state index is 0.0241. The molecule has 0 spiro atoms. The van der Waals surface area contributed by atoms with Crippen LogP contribution in [0.15, 0.2) is 53.1 Å². The monoisotopic (exact) mass is 458 g/mol. The Bertz CT molecular complexity index is 1040. The molecular weight excluding hydrogens is 435 g/mol. The minimum Gasteiger partial charge on any atom is -0.490 e. The number of ether oxygens (including phenoxy) is 1. The second kappa shape index (κ2) is 10.6. The molecule has 1 N–H and O–H groups in total. The average molecular weight is 459 g/mol. The molecule has 168 valence electrons. The van der Waals surface area contributed by atoms with Gasteiger partial charge in [0.25, 0.3) is 0 Å². The van der Waals surface area contributed by atoms with Crippen LogP contribution in [0.25, 0.3) is 11.4 Å². The lowest BCUT2D eigenvalue weighted by molar-refractivity contribution is -0.126. The Labute approximate surface area is 190 Å². The van der Waals surface area contributed by atoms with Gasteiger partial charge in [-0.1, -0.05) is 28.9 Å². The smallest absolute Gasteiger partial charge is 0.241 e. The number of aromatic nitrogens is 2. The maximum absolute atomic E-state index is 13.1. The molecule has 2 heterocycles. The number of likely N-dealkylation sites (tertiary alicyclic amines) is 1. The van der Waals surface area contributed by atoms with Crippen LogP contribution in [-0.2, 0) is 11.3 Å². The number of carbonyl (C=O) groups is 1. The fraction of sp³-hybridized carbons (Fsp3) is 0.348. The van der Waals surface area contributed by atoms with Gasteiger partial charge in [0.2, 0.25) is 17.6 Å². The van der Waals surface area contributed by atoms with Crippen LogP contribution in [0.1, 0.15) is 18.7 Å². The third-order valence-corrected chi connectivity index (χ3v) is 5.70. The molecule has 32 heavy (non-hydrogen) atoms. The van der Waals surface area contributed by atoms with Crippen molar-refractivity contribution >= 4 is 17.5 Å². The molecule has 0 saturated carbocycles. The van der Waals surface area contributed by atoms with E-state index in [9.17, 15) is 9.18 Å². The molecule has 0 radical (unpaired) electrons. The number of para-hydroxylation sites is 1. The first-order valence-corrected chi connectivity index (χ1v) is 10.9. The summed E-state index contributed by atoms with van der Waals surface area (Å²) < 4.78 is 24.0. The topological polar surface area (TPSA) is 80.5 Å². The molecular formula is C23H24ClFN4O3. The number of nitrogens with one attached hydrogen (secondary N) is 1. The summed E-state index contributed by atoms with van der Waals surface area (Å²) in [6, 6.07) is 13.2. The van der Waals surface area contributed by atoms with Crippen molar-refractivity contribution < 1.29 is 18.4 Å². The van der Waals surface area contributed by atoms with Crippen LogP contribution in [0.4, 0.5) is 4.39 Å². The zero-order chi connectivity index (χ0) is 22.3. The van der Waals surface area contributed by atoms with Crippen molar-refractivity contribution in [1.29, 1.82) is 0 Å².